The van der Waals surface area contributed by atoms with Gasteiger partial charge in [-0.3, -0.25) is 14.8 Å². The Balaban J connectivity index is 1.40. The molecule has 0 bridgehead atoms. The van der Waals surface area contributed by atoms with Crippen molar-refractivity contribution < 1.29 is 19.9 Å². The van der Waals surface area contributed by atoms with Crippen LogP contribution in [-0.4, -0.2) is 33.8 Å². The number of nitrogens with one attached hydrogen (secondary N) is 2. The van der Waals surface area contributed by atoms with Crippen LogP contribution in [0.3, 0.4) is 0 Å². The molecule has 4 N–H and O–H groups in total. The van der Waals surface area contributed by atoms with Crippen LogP contribution in [0.2, 0.25) is 0 Å². The first kappa shape index (κ1) is 31.0. The largest absolute Gasteiger partial charge is 0.391 e. The highest BCUT2D eigenvalue weighted by atomic mass is 16.5. The Labute approximate surface area is 248 Å². The average Bonchev–Trinajstić information content (AvgIpc) is 2.92. The van der Waals surface area contributed by atoms with Gasteiger partial charge in [-0.1, -0.05) is 53.2 Å². The van der Waals surface area contributed by atoms with Crippen molar-refractivity contribution in [3.63, 3.8) is 0 Å². The minimum Gasteiger partial charge on any atom is -0.391 e. The normalized spacial score (nSPS) is 49.0. The molecule has 41 heavy (non-hydrogen) atoms. The Kier molecular flexibility index (Phi) is 8.06. The van der Waals surface area contributed by atoms with E-state index in [0.29, 0.717) is 36.5 Å². The minimum absolute atomic E-state index is 0.0432. The van der Waals surface area contributed by atoms with Gasteiger partial charge in [0.25, 0.3) is 0 Å². The van der Waals surface area contributed by atoms with Gasteiger partial charge in [-0.25, -0.2) is 5.48 Å². The molecule has 0 saturated heterocycles. The minimum atomic E-state index is -0.656. The number of carbonyl (C=O) groups is 2. The molecule has 0 unspecified atom stereocenters. The van der Waals surface area contributed by atoms with Crippen LogP contribution >= 0.6 is 0 Å². The molecular formula is C35H58N2O4. The number of hydrogen-bond acceptors (Lipinski definition) is 4. The number of rotatable bonds is 6. The Hall–Kier alpha value is -1.40. The molecule has 6 heteroatoms. The number of hydroxylamine groups is 1. The second-order valence-corrected chi connectivity index (χ2v) is 16.4. The number of unbranched alkanes of at least 4 members (excludes halogenated alkanes) is 1. The van der Waals surface area contributed by atoms with Gasteiger partial charge in [-0.2, -0.15) is 0 Å². The average molecular weight is 571 g/mol. The maximum atomic E-state index is 13.2. The quantitative estimate of drug-likeness (QED) is 0.120. The van der Waals surface area contributed by atoms with Crippen LogP contribution in [0.25, 0.3) is 0 Å². The van der Waals surface area contributed by atoms with Crippen LogP contribution in [0, 0.1) is 51.2 Å². The molecule has 5 aliphatic rings. The van der Waals surface area contributed by atoms with Gasteiger partial charge in [-0.05, 0) is 129 Å². The van der Waals surface area contributed by atoms with E-state index in [2.05, 4.69) is 59.9 Å². The second-order valence-electron chi connectivity index (χ2n) is 16.4. The smallest absolute Gasteiger partial charge is 0.243 e. The van der Waals surface area contributed by atoms with Crippen LogP contribution < -0.4 is 10.8 Å². The van der Waals surface area contributed by atoms with E-state index in [9.17, 15) is 14.7 Å². The first-order chi connectivity index (χ1) is 19.2. The van der Waals surface area contributed by atoms with E-state index < -0.39 is 17.6 Å². The maximum absolute atomic E-state index is 13.2. The van der Waals surface area contributed by atoms with Gasteiger partial charge in [0.05, 0.1) is 11.6 Å². The second kappa shape index (κ2) is 10.6. The molecule has 5 aliphatic carbocycles. The van der Waals surface area contributed by atoms with Crippen LogP contribution in [0.4, 0.5) is 0 Å². The highest BCUT2D eigenvalue weighted by Crippen LogP contribution is 2.75. The molecular weight excluding hydrogens is 512 g/mol. The molecule has 2 amide bonds. The Morgan fingerprint density at radius 3 is 2.24 bits per heavy atom. The van der Waals surface area contributed by atoms with E-state index in [-0.39, 0.29) is 34.5 Å². The predicted molar refractivity (Wildman–Crippen MR) is 162 cm³/mol. The summed E-state index contributed by atoms with van der Waals surface area (Å²) in [6, 6.07) is 0. The number of hydrogen-bond donors (Lipinski definition) is 4. The molecule has 0 spiro atoms. The molecule has 232 valence electrons. The van der Waals surface area contributed by atoms with Gasteiger partial charge in [0.2, 0.25) is 11.8 Å². The summed E-state index contributed by atoms with van der Waals surface area (Å²) in [7, 11) is 0. The third-order valence-electron chi connectivity index (χ3n) is 14.6. The first-order valence-electron chi connectivity index (χ1n) is 16.8. The topological polar surface area (TPSA) is 98.7 Å². The predicted octanol–water partition coefficient (Wildman–Crippen LogP) is 6.94. The van der Waals surface area contributed by atoms with E-state index in [1.54, 1.807) is 11.1 Å². The van der Waals surface area contributed by atoms with Gasteiger partial charge < -0.3 is 10.4 Å². The summed E-state index contributed by atoms with van der Waals surface area (Å²) in [6.07, 6.45) is 14.2. The van der Waals surface area contributed by atoms with Crippen molar-refractivity contribution >= 4 is 11.8 Å². The Bertz CT molecular complexity index is 1070. The van der Waals surface area contributed by atoms with Crippen molar-refractivity contribution in [2.24, 2.45) is 51.2 Å². The highest BCUT2D eigenvalue weighted by Gasteiger charge is 2.68. The molecule has 0 aromatic carbocycles. The molecule has 0 heterocycles. The summed E-state index contributed by atoms with van der Waals surface area (Å²) in [5.41, 5.74) is 3.68. The number of allylic oxidation sites excluding steroid dienone is 2. The van der Waals surface area contributed by atoms with Crippen molar-refractivity contribution in [3.05, 3.63) is 11.6 Å². The molecule has 4 saturated carbocycles. The van der Waals surface area contributed by atoms with Crippen LogP contribution in [0.15, 0.2) is 11.6 Å². The van der Waals surface area contributed by atoms with Gasteiger partial charge in [-0.15, -0.1) is 0 Å². The molecule has 0 aromatic heterocycles. The molecule has 4 fully saturated rings. The van der Waals surface area contributed by atoms with Gasteiger partial charge >= 0.3 is 0 Å². The zero-order valence-corrected chi connectivity index (χ0v) is 26.9. The van der Waals surface area contributed by atoms with E-state index >= 15 is 0 Å². The fraction of sp³-hybridized carbons (Fsp3) is 0.886. The highest BCUT2D eigenvalue weighted by molar-refractivity contribution is 5.77. The lowest BCUT2D eigenvalue weighted by Crippen LogP contribution is -2.71. The lowest BCUT2D eigenvalue weighted by atomic mass is 9.34. The van der Waals surface area contributed by atoms with Crippen molar-refractivity contribution in [1.29, 1.82) is 0 Å². The molecule has 6 nitrogen and oxygen atoms in total. The summed E-state index contributed by atoms with van der Waals surface area (Å²) in [6.45, 7) is 17.4. The number of aliphatic hydroxyl groups is 1. The molecule has 5 rings (SSSR count). The number of amides is 2. The van der Waals surface area contributed by atoms with Gasteiger partial charge in [0, 0.05) is 12.8 Å². The monoisotopic (exact) mass is 570 g/mol. The number of carbonyl (C=O) groups excluding carboxylic acids is 2. The third-order valence-corrected chi connectivity index (χ3v) is 14.6. The van der Waals surface area contributed by atoms with E-state index in [1.807, 2.05) is 0 Å². The van der Waals surface area contributed by atoms with Gasteiger partial charge in [0.15, 0.2) is 0 Å². The van der Waals surface area contributed by atoms with Crippen LogP contribution in [0.1, 0.15) is 132 Å². The summed E-state index contributed by atoms with van der Waals surface area (Å²) in [5, 5.41) is 23.5. The Morgan fingerprint density at radius 1 is 0.878 bits per heavy atom. The Morgan fingerprint density at radius 2 is 1.56 bits per heavy atom. The number of aliphatic hydroxyl groups excluding tert-OH is 1. The lowest BCUT2D eigenvalue weighted by molar-refractivity contribution is -0.193. The molecule has 11 atom stereocenters. The zero-order chi connectivity index (χ0) is 30.0. The van der Waals surface area contributed by atoms with Crippen molar-refractivity contribution in [1.82, 2.24) is 10.8 Å². The molecule has 0 aliphatic heterocycles. The molecule has 0 aromatic rings. The summed E-state index contributed by atoms with van der Waals surface area (Å²) in [4.78, 5) is 24.5. The lowest BCUT2D eigenvalue weighted by Gasteiger charge is -2.71. The fourth-order valence-electron chi connectivity index (χ4n) is 11.7. The fourth-order valence-corrected chi connectivity index (χ4v) is 11.7. The summed E-state index contributed by atoms with van der Waals surface area (Å²) in [5.74, 6) is 2.49. The standard InChI is InChI=1S/C35H58N2O4/c1-22-14-17-31(3)20-21-33(5)24(30(31)23(22)2)12-13-25-32(4)18-16-27(38)35(7,26(32)15-19-34(25,33)6)36-28(39)10-8-9-11-29(40)37-41/h12,22-23,25-27,30,38,41H,8-11,13-21H2,1-7H3,(H,36,39)(H,37,40)/t22-,23+,25-,26-,27-,30+,31-,32-,33-,34-,35-/m1/s1. The maximum Gasteiger partial charge on any atom is 0.243 e. The van der Waals surface area contributed by atoms with Crippen LogP contribution in [0.5, 0.6) is 0 Å². The van der Waals surface area contributed by atoms with E-state index in [0.717, 1.165) is 43.9 Å². The van der Waals surface area contributed by atoms with Crippen LogP contribution in [-0.2, 0) is 9.59 Å². The first-order valence-corrected chi connectivity index (χ1v) is 16.8. The van der Waals surface area contributed by atoms with Crippen molar-refractivity contribution in [2.45, 2.75) is 144 Å². The zero-order valence-electron chi connectivity index (χ0n) is 26.9. The molecule has 0 radical (unpaired) electrons. The van der Waals surface area contributed by atoms with E-state index in [4.69, 9.17) is 5.21 Å². The summed E-state index contributed by atoms with van der Waals surface area (Å²) >= 11 is 0. The van der Waals surface area contributed by atoms with Crippen molar-refractivity contribution in [3.8, 4) is 0 Å². The van der Waals surface area contributed by atoms with E-state index in [1.165, 1.54) is 25.7 Å². The summed E-state index contributed by atoms with van der Waals surface area (Å²) < 4.78 is 0. The van der Waals surface area contributed by atoms with Gasteiger partial charge in [0.1, 0.15) is 0 Å². The SMILES string of the molecule is C[C@H]1[C@H](C)CC[C@]2(C)CC[C@]3(C)C(=CC[C@@H]4[C@@]5(C)CC[C@@H](O)[C@](C)(NC(=O)CCCCC(=O)NO)[C@@H]5CC[C@]43C)[C@H]12. The third kappa shape index (κ3) is 4.64. The number of fused-ring (bicyclic) bond motifs is 7. The van der Waals surface area contributed by atoms with Crippen molar-refractivity contribution in [2.75, 3.05) is 0 Å².